The SMILES string of the molecule is CC1(C)OC=C([C@@H](CI)NC(=O)OCc2ccccc2)O1. The number of amides is 1. The van der Waals surface area contributed by atoms with Crippen molar-refractivity contribution in [3.8, 4) is 0 Å². The highest BCUT2D eigenvalue weighted by Gasteiger charge is 2.32. The fourth-order valence-electron chi connectivity index (χ4n) is 1.78. The van der Waals surface area contributed by atoms with E-state index in [-0.39, 0.29) is 12.6 Å². The third-order valence-corrected chi connectivity index (χ3v) is 3.71. The Kier molecular flexibility index (Phi) is 5.33. The molecule has 0 spiro atoms. The quantitative estimate of drug-likeness (QED) is 0.606. The maximum absolute atomic E-state index is 11.8. The summed E-state index contributed by atoms with van der Waals surface area (Å²) in [5.74, 6) is -0.0827. The number of nitrogens with one attached hydrogen (secondary N) is 1. The molecule has 0 saturated heterocycles. The summed E-state index contributed by atoms with van der Waals surface area (Å²) in [6.07, 6.45) is 1.07. The van der Waals surface area contributed by atoms with Crippen LogP contribution in [-0.4, -0.2) is 22.3 Å². The predicted molar refractivity (Wildman–Crippen MR) is 86.8 cm³/mol. The van der Waals surface area contributed by atoms with Gasteiger partial charge in [0.05, 0.1) is 0 Å². The van der Waals surface area contributed by atoms with Gasteiger partial charge in [-0.25, -0.2) is 4.79 Å². The molecule has 1 aromatic rings. The fourth-order valence-corrected chi connectivity index (χ4v) is 2.43. The minimum atomic E-state index is -0.685. The van der Waals surface area contributed by atoms with Crippen LogP contribution in [0.25, 0.3) is 0 Å². The van der Waals surface area contributed by atoms with Gasteiger partial charge in [-0.15, -0.1) is 0 Å². The molecule has 1 aliphatic heterocycles. The molecule has 1 amide bonds. The van der Waals surface area contributed by atoms with E-state index in [1.54, 1.807) is 6.26 Å². The summed E-state index contributed by atoms with van der Waals surface area (Å²) in [6.45, 7) is 3.87. The Balaban J connectivity index is 1.83. The number of halogens is 1. The number of hydrogen-bond acceptors (Lipinski definition) is 4. The summed E-state index contributed by atoms with van der Waals surface area (Å²) >= 11 is 2.18. The topological polar surface area (TPSA) is 56.8 Å². The van der Waals surface area contributed by atoms with Gasteiger partial charge in [0.2, 0.25) is 5.79 Å². The van der Waals surface area contributed by atoms with Crippen molar-refractivity contribution in [2.45, 2.75) is 32.3 Å². The third-order valence-electron chi connectivity index (χ3n) is 2.83. The lowest BCUT2D eigenvalue weighted by Gasteiger charge is -2.21. The van der Waals surface area contributed by atoms with Gasteiger partial charge < -0.3 is 19.5 Å². The minimum absolute atomic E-state index is 0.239. The molecule has 1 N–H and O–H groups in total. The largest absolute Gasteiger partial charge is 0.457 e. The molecule has 1 heterocycles. The molecule has 0 bridgehead atoms. The van der Waals surface area contributed by atoms with Gasteiger partial charge in [0.25, 0.3) is 0 Å². The Labute approximate surface area is 137 Å². The monoisotopic (exact) mass is 403 g/mol. The molecular formula is C15H18INO4. The molecule has 0 aromatic heterocycles. The van der Waals surface area contributed by atoms with Crippen LogP contribution in [-0.2, 0) is 20.8 Å². The number of alkyl halides is 1. The van der Waals surface area contributed by atoms with Crippen LogP contribution in [0.3, 0.4) is 0 Å². The number of carbonyl (C=O) groups is 1. The summed E-state index contributed by atoms with van der Waals surface area (Å²) in [5, 5.41) is 2.77. The predicted octanol–water partition coefficient (Wildman–Crippen LogP) is 3.34. The van der Waals surface area contributed by atoms with Crippen molar-refractivity contribution in [1.29, 1.82) is 0 Å². The highest BCUT2D eigenvalue weighted by molar-refractivity contribution is 14.1. The molecule has 21 heavy (non-hydrogen) atoms. The summed E-state index contributed by atoms with van der Waals surface area (Å²) in [4.78, 5) is 11.8. The van der Waals surface area contributed by atoms with Gasteiger partial charge in [0, 0.05) is 18.3 Å². The summed E-state index contributed by atoms with van der Waals surface area (Å²) in [5.41, 5.74) is 0.944. The van der Waals surface area contributed by atoms with E-state index in [2.05, 4.69) is 27.9 Å². The van der Waals surface area contributed by atoms with E-state index in [1.165, 1.54) is 0 Å². The van der Waals surface area contributed by atoms with E-state index in [9.17, 15) is 4.79 Å². The molecule has 2 rings (SSSR count). The second-order valence-corrected chi connectivity index (χ2v) is 5.93. The number of rotatable bonds is 5. The van der Waals surface area contributed by atoms with E-state index >= 15 is 0 Å². The third kappa shape index (κ3) is 4.80. The number of carbonyl (C=O) groups excluding carboxylic acids is 1. The Morgan fingerprint density at radius 1 is 1.38 bits per heavy atom. The van der Waals surface area contributed by atoms with Crippen molar-refractivity contribution in [3.05, 3.63) is 47.9 Å². The van der Waals surface area contributed by atoms with Gasteiger partial charge >= 0.3 is 6.09 Å². The standard InChI is InChI=1S/C15H18INO4/c1-15(2)20-10-13(21-15)12(8-16)17-14(18)19-9-11-6-4-3-5-7-11/h3-7,10,12H,8-9H2,1-2H3,(H,17,18)/t12-/m1/s1. The van der Waals surface area contributed by atoms with Crippen LogP contribution >= 0.6 is 22.6 Å². The fraction of sp³-hybridized carbons (Fsp3) is 0.400. The van der Waals surface area contributed by atoms with Crippen LogP contribution in [0, 0.1) is 0 Å². The summed E-state index contributed by atoms with van der Waals surface area (Å²) in [6, 6.07) is 9.27. The van der Waals surface area contributed by atoms with E-state index in [0.29, 0.717) is 10.2 Å². The van der Waals surface area contributed by atoms with Crippen LogP contribution < -0.4 is 5.32 Å². The Morgan fingerprint density at radius 2 is 2.10 bits per heavy atom. The van der Waals surface area contributed by atoms with Crippen LogP contribution in [0.1, 0.15) is 19.4 Å². The molecule has 0 fully saturated rings. The van der Waals surface area contributed by atoms with Crippen molar-refractivity contribution < 1.29 is 19.0 Å². The van der Waals surface area contributed by atoms with Crippen LogP contribution in [0.4, 0.5) is 4.79 Å². The van der Waals surface area contributed by atoms with Crippen molar-refractivity contribution in [2.24, 2.45) is 0 Å². The smallest absolute Gasteiger partial charge is 0.408 e. The van der Waals surface area contributed by atoms with E-state index in [0.717, 1.165) is 5.56 Å². The Hall–Kier alpha value is -1.44. The number of benzene rings is 1. The molecule has 1 aromatic carbocycles. The van der Waals surface area contributed by atoms with Crippen molar-refractivity contribution in [2.75, 3.05) is 4.43 Å². The van der Waals surface area contributed by atoms with Crippen LogP contribution in [0.2, 0.25) is 0 Å². The van der Waals surface area contributed by atoms with Crippen LogP contribution in [0.15, 0.2) is 42.4 Å². The van der Waals surface area contributed by atoms with Gasteiger partial charge in [-0.05, 0) is 5.56 Å². The van der Waals surface area contributed by atoms with Crippen molar-refractivity contribution >= 4 is 28.7 Å². The molecule has 5 nitrogen and oxygen atoms in total. The van der Waals surface area contributed by atoms with E-state index in [4.69, 9.17) is 14.2 Å². The average Bonchev–Trinajstić information content (AvgIpc) is 2.83. The van der Waals surface area contributed by atoms with Crippen molar-refractivity contribution in [1.82, 2.24) is 5.32 Å². The zero-order valence-corrected chi connectivity index (χ0v) is 14.1. The van der Waals surface area contributed by atoms with Crippen LogP contribution in [0.5, 0.6) is 0 Å². The molecule has 1 aliphatic rings. The average molecular weight is 403 g/mol. The van der Waals surface area contributed by atoms with Gasteiger partial charge in [-0.1, -0.05) is 52.9 Å². The Bertz CT molecular complexity index is 516. The lowest BCUT2D eigenvalue weighted by molar-refractivity contribution is -0.118. The maximum atomic E-state index is 11.8. The normalized spacial score (nSPS) is 17.2. The summed E-state index contributed by atoms with van der Waals surface area (Å²) in [7, 11) is 0. The van der Waals surface area contributed by atoms with Crippen molar-refractivity contribution in [3.63, 3.8) is 0 Å². The van der Waals surface area contributed by atoms with Gasteiger partial charge in [-0.3, -0.25) is 0 Å². The molecule has 0 radical (unpaired) electrons. The Morgan fingerprint density at radius 3 is 2.67 bits per heavy atom. The minimum Gasteiger partial charge on any atom is -0.457 e. The zero-order valence-electron chi connectivity index (χ0n) is 12.0. The molecule has 6 heteroatoms. The molecule has 0 unspecified atom stereocenters. The highest BCUT2D eigenvalue weighted by Crippen LogP contribution is 2.26. The number of hydrogen-bond donors (Lipinski definition) is 1. The lowest BCUT2D eigenvalue weighted by Crippen LogP contribution is -2.39. The lowest BCUT2D eigenvalue weighted by atomic mass is 10.2. The summed E-state index contributed by atoms with van der Waals surface area (Å²) < 4.78 is 16.8. The zero-order chi connectivity index (χ0) is 15.3. The molecule has 114 valence electrons. The van der Waals surface area contributed by atoms with E-state index < -0.39 is 11.9 Å². The van der Waals surface area contributed by atoms with Gasteiger partial charge in [0.15, 0.2) is 5.76 Å². The van der Waals surface area contributed by atoms with Gasteiger partial charge in [-0.2, -0.15) is 0 Å². The van der Waals surface area contributed by atoms with Gasteiger partial charge in [0.1, 0.15) is 18.9 Å². The number of ether oxygens (including phenoxy) is 3. The first-order valence-electron chi connectivity index (χ1n) is 6.60. The molecule has 0 aliphatic carbocycles. The molecule has 1 atom stereocenters. The van der Waals surface area contributed by atoms with E-state index in [1.807, 2.05) is 44.2 Å². The molecular weight excluding hydrogens is 385 g/mol. The second kappa shape index (κ2) is 7.02. The second-order valence-electron chi connectivity index (χ2n) is 5.05. The molecule has 0 saturated carbocycles. The first kappa shape index (κ1) is 15.9. The maximum Gasteiger partial charge on any atom is 0.408 e. The first-order chi connectivity index (χ1) is 10.00. The number of alkyl carbamates (subject to hydrolysis) is 1. The highest BCUT2D eigenvalue weighted by atomic mass is 127. The first-order valence-corrected chi connectivity index (χ1v) is 8.13.